The second-order valence-electron chi connectivity index (χ2n) is 4.71. The maximum atomic E-state index is 12.0. The quantitative estimate of drug-likeness (QED) is 0.824. The molecule has 0 bridgehead atoms. The lowest BCUT2D eigenvalue weighted by Gasteiger charge is -2.11. The zero-order chi connectivity index (χ0) is 13.6. The lowest BCUT2D eigenvalue weighted by Crippen LogP contribution is -2.22. The molecule has 2 rings (SSSR count). The van der Waals surface area contributed by atoms with Crippen LogP contribution in [0.2, 0.25) is 0 Å². The van der Waals surface area contributed by atoms with Crippen LogP contribution in [0.5, 0.6) is 0 Å². The topological polar surface area (TPSA) is 65.8 Å². The van der Waals surface area contributed by atoms with E-state index in [2.05, 4.69) is 5.10 Å². The van der Waals surface area contributed by atoms with Gasteiger partial charge in [0.2, 0.25) is 0 Å². The third-order valence-electron chi connectivity index (χ3n) is 3.35. The minimum atomic E-state index is -0.000718. The highest BCUT2D eigenvalue weighted by molar-refractivity contribution is 5.68. The molecule has 0 aliphatic carbocycles. The van der Waals surface area contributed by atoms with Gasteiger partial charge in [-0.2, -0.15) is 5.10 Å². The van der Waals surface area contributed by atoms with E-state index in [4.69, 9.17) is 5.73 Å². The van der Waals surface area contributed by atoms with Gasteiger partial charge in [-0.3, -0.25) is 9.48 Å². The molecular weight excluding hydrogens is 228 g/mol. The van der Waals surface area contributed by atoms with Gasteiger partial charge >= 0.3 is 0 Å². The summed E-state index contributed by atoms with van der Waals surface area (Å²) in [5.74, 6) is 0.623. The average molecular weight is 246 g/mol. The Hall–Kier alpha value is -2.04. The van der Waals surface area contributed by atoms with Crippen molar-refractivity contribution < 1.29 is 0 Å². The van der Waals surface area contributed by atoms with Crippen molar-refractivity contribution in [1.82, 2.24) is 14.3 Å². The van der Waals surface area contributed by atoms with Crippen LogP contribution in [-0.2, 0) is 14.1 Å². The summed E-state index contributed by atoms with van der Waals surface area (Å²) in [6, 6.07) is 1.89. The predicted octanol–water partition coefficient (Wildman–Crippen LogP) is 1.29. The highest BCUT2D eigenvalue weighted by Gasteiger charge is 2.17. The van der Waals surface area contributed by atoms with Gasteiger partial charge in [-0.1, -0.05) is 0 Å². The van der Waals surface area contributed by atoms with Crippen LogP contribution in [0.4, 0.5) is 5.82 Å². The van der Waals surface area contributed by atoms with Gasteiger partial charge in [-0.15, -0.1) is 0 Å². The average Bonchev–Trinajstić information content (AvgIpc) is 2.55. The van der Waals surface area contributed by atoms with Gasteiger partial charge in [0.1, 0.15) is 11.5 Å². The maximum absolute atomic E-state index is 12.0. The lowest BCUT2D eigenvalue weighted by atomic mass is 10.1. The molecule has 5 heteroatoms. The largest absolute Gasteiger partial charge is 0.384 e. The van der Waals surface area contributed by atoms with E-state index in [-0.39, 0.29) is 5.56 Å². The number of rotatable bonds is 1. The van der Waals surface area contributed by atoms with Crippen molar-refractivity contribution >= 4 is 5.82 Å². The molecule has 2 heterocycles. The molecule has 0 spiro atoms. The van der Waals surface area contributed by atoms with E-state index in [1.54, 1.807) is 23.3 Å². The van der Waals surface area contributed by atoms with Crippen LogP contribution >= 0.6 is 0 Å². The SMILES string of the molecule is Cc1cc(C)c(=O)n(C)c1-c1nn(C)c(N)c1C. The second-order valence-corrected chi connectivity index (χ2v) is 4.71. The van der Waals surface area contributed by atoms with Gasteiger partial charge in [-0.05, 0) is 32.4 Å². The molecule has 0 atom stereocenters. The van der Waals surface area contributed by atoms with E-state index in [1.165, 1.54) is 0 Å². The summed E-state index contributed by atoms with van der Waals surface area (Å²) in [7, 11) is 3.56. The summed E-state index contributed by atoms with van der Waals surface area (Å²) in [6.07, 6.45) is 0. The summed E-state index contributed by atoms with van der Waals surface area (Å²) >= 11 is 0. The number of nitrogens with two attached hydrogens (primary N) is 1. The van der Waals surface area contributed by atoms with Crippen molar-refractivity contribution in [2.75, 3.05) is 5.73 Å². The van der Waals surface area contributed by atoms with Crippen LogP contribution < -0.4 is 11.3 Å². The Morgan fingerprint density at radius 1 is 1.17 bits per heavy atom. The van der Waals surface area contributed by atoms with E-state index in [1.807, 2.05) is 26.8 Å². The van der Waals surface area contributed by atoms with Crippen molar-refractivity contribution in [3.63, 3.8) is 0 Å². The Labute approximate surface area is 106 Å². The molecule has 96 valence electrons. The van der Waals surface area contributed by atoms with Crippen LogP contribution in [0, 0.1) is 20.8 Å². The van der Waals surface area contributed by atoms with Crippen LogP contribution in [0.1, 0.15) is 16.7 Å². The third-order valence-corrected chi connectivity index (χ3v) is 3.35. The molecule has 0 amide bonds. The van der Waals surface area contributed by atoms with Crippen molar-refractivity contribution in [1.29, 1.82) is 0 Å². The van der Waals surface area contributed by atoms with Crippen molar-refractivity contribution in [3.8, 4) is 11.4 Å². The number of hydrogen-bond donors (Lipinski definition) is 1. The van der Waals surface area contributed by atoms with Crippen LogP contribution in [0.15, 0.2) is 10.9 Å². The first kappa shape index (κ1) is 12.4. The number of hydrogen-bond acceptors (Lipinski definition) is 3. The molecule has 0 aliphatic rings. The normalized spacial score (nSPS) is 10.9. The minimum Gasteiger partial charge on any atom is -0.384 e. The van der Waals surface area contributed by atoms with E-state index in [0.717, 1.165) is 28.1 Å². The highest BCUT2D eigenvalue weighted by Crippen LogP contribution is 2.27. The Bertz CT molecular complexity index is 679. The summed E-state index contributed by atoms with van der Waals surface area (Å²) in [6.45, 7) is 5.71. The van der Waals surface area contributed by atoms with Gasteiger partial charge < -0.3 is 10.3 Å². The van der Waals surface area contributed by atoms with E-state index < -0.39 is 0 Å². The lowest BCUT2D eigenvalue weighted by molar-refractivity contribution is 0.772. The maximum Gasteiger partial charge on any atom is 0.253 e. The Morgan fingerprint density at radius 3 is 2.28 bits per heavy atom. The van der Waals surface area contributed by atoms with Gasteiger partial charge in [-0.25, -0.2) is 0 Å². The van der Waals surface area contributed by atoms with Crippen LogP contribution in [-0.4, -0.2) is 14.3 Å². The molecule has 0 radical (unpaired) electrons. The van der Waals surface area contributed by atoms with Crippen LogP contribution in [0.3, 0.4) is 0 Å². The summed E-state index contributed by atoms with van der Waals surface area (Å²) in [5.41, 5.74) is 10.2. The second kappa shape index (κ2) is 4.01. The molecule has 0 aromatic carbocycles. The number of aryl methyl sites for hydroxylation is 3. The first-order chi connectivity index (χ1) is 8.34. The minimum absolute atomic E-state index is 0.000718. The van der Waals surface area contributed by atoms with Gasteiger partial charge in [0.15, 0.2) is 0 Å². The van der Waals surface area contributed by atoms with Crippen molar-refractivity contribution in [2.24, 2.45) is 14.1 Å². The number of anilines is 1. The number of nitrogens with zero attached hydrogens (tertiary/aromatic N) is 3. The van der Waals surface area contributed by atoms with Gasteiger partial charge in [0, 0.05) is 25.2 Å². The molecule has 0 saturated carbocycles. The standard InChI is InChI=1S/C13H18N4O/c1-7-6-8(2)13(18)16(4)11(7)10-9(3)12(14)17(5)15-10/h6H,14H2,1-5H3. The highest BCUT2D eigenvalue weighted by atomic mass is 16.1. The fourth-order valence-corrected chi connectivity index (χ4v) is 2.30. The molecular formula is C13H18N4O. The van der Waals surface area contributed by atoms with E-state index in [0.29, 0.717) is 5.82 Å². The van der Waals surface area contributed by atoms with Crippen molar-refractivity contribution in [2.45, 2.75) is 20.8 Å². The Balaban J connectivity index is 2.83. The summed E-state index contributed by atoms with van der Waals surface area (Å²) < 4.78 is 3.27. The predicted molar refractivity (Wildman–Crippen MR) is 72.5 cm³/mol. The molecule has 2 aromatic rings. The molecule has 0 aliphatic heterocycles. The van der Waals surface area contributed by atoms with Crippen LogP contribution in [0.25, 0.3) is 11.4 Å². The Kier molecular flexibility index (Phi) is 2.77. The monoisotopic (exact) mass is 246 g/mol. The smallest absolute Gasteiger partial charge is 0.253 e. The number of aromatic nitrogens is 3. The third kappa shape index (κ3) is 1.63. The summed E-state index contributed by atoms with van der Waals surface area (Å²) in [4.78, 5) is 12.0. The van der Waals surface area contributed by atoms with Gasteiger partial charge in [0.05, 0.1) is 5.69 Å². The van der Waals surface area contributed by atoms with Crippen molar-refractivity contribution in [3.05, 3.63) is 33.1 Å². The fourth-order valence-electron chi connectivity index (χ4n) is 2.30. The van der Waals surface area contributed by atoms with Gasteiger partial charge in [0.25, 0.3) is 5.56 Å². The zero-order valence-corrected chi connectivity index (χ0v) is 11.4. The Morgan fingerprint density at radius 2 is 1.78 bits per heavy atom. The van der Waals surface area contributed by atoms with E-state index >= 15 is 0 Å². The molecule has 5 nitrogen and oxygen atoms in total. The molecule has 0 unspecified atom stereocenters. The molecule has 0 fully saturated rings. The van der Waals surface area contributed by atoms with E-state index in [9.17, 15) is 4.79 Å². The summed E-state index contributed by atoms with van der Waals surface area (Å²) in [5, 5.41) is 4.40. The first-order valence-corrected chi connectivity index (χ1v) is 5.81. The fraction of sp³-hybridized carbons (Fsp3) is 0.385. The number of pyridine rings is 1. The molecule has 2 N–H and O–H groups in total. The first-order valence-electron chi connectivity index (χ1n) is 5.81. The molecule has 0 saturated heterocycles. The molecule has 18 heavy (non-hydrogen) atoms. The number of nitrogen functional groups attached to an aromatic ring is 1. The molecule has 2 aromatic heterocycles. The zero-order valence-electron chi connectivity index (χ0n) is 11.4.